The number of hydrogen-bond acceptors (Lipinski definition) is 4. The van der Waals surface area contributed by atoms with Gasteiger partial charge in [0.2, 0.25) is 0 Å². The lowest BCUT2D eigenvalue weighted by atomic mass is 10.2. The predicted molar refractivity (Wildman–Crippen MR) is 68.8 cm³/mol. The normalized spacial score (nSPS) is 12.1. The third-order valence-electron chi connectivity index (χ3n) is 2.34. The van der Waals surface area contributed by atoms with E-state index in [1.807, 2.05) is 12.3 Å². The third kappa shape index (κ3) is 2.82. The number of nitrogens with zero attached hydrogens (tertiary/aromatic N) is 1. The van der Waals surface area contributed by atoms with Crippen molar-refractivity contribution in [3.63, 3.8) is 0 Å². The fourth-order valence-corrected chi connectivity index (χ4v) is 2.07. The molecular weight excluding hydrogens is 234 g/mol. The van der Waals surface area contributed by atoms with Gasteiger partial charge in [0.15, 0.2) is 0 Å². The molecule has 5 heteroatoms. The van der Waals surface area contributed by atoms with E-state index >= 15 is 0 Å². The molecule has 17 heavy (non-hydrogen) atoms. The molecule has 2 rings (SSSR count). The molecule has 0 saturated carbocycles. The van der Waals surface area contributed by atoms with Gasteiger partial charge in [-0.3, -0.25) is 4.79 Å². The molecule has 1 aromatic heterocycles. The number of rotatable bonds is 3. The highest BCUT2D eigenvalue weighted by Crippen LogP contribution is 2.15. The summed E-state index contributed by atoms with van der Waals surface area (Å²) in [5.41, 5.74) is 6.81. The summed E-state index contributed by atoms with van der Waals surface area (Å²) in [5.74, 6) is -0.118. The van der Waals surface area contributed by atoms with Crippen LogP contribution < -0.4 is 11.1 Å². The average Bonchev–Trinajstić information content (AvgIpc) is 2.83. The third-order valence-corrected chi connectivity index (χ3v) is 3.30. The van der Waals surface area contributed by atoms with Gasteiger partial charge in [-0.25, -0.2) is 4.98 Å². The first-order valence-electron chi connectivity index (χ1n) is 5.22. The van der Waals surface area contributed by atoms with Crippen LogP contribution in [0.2, 0.25) is 0 Å². The number of nitrogen functional groups attached to an aromatic ring is 1. The van der Waals surface area contributed by atoms with Crippen LogP contribution in [0.4, 0.5) is 5.69 Å². The van der Waals surface area contributed by atoms with Crippen molar-refractivity contribution in [3.8, 4) is 0 Å². The van der Waals surface area contributed by atoms with Crippen molar-refractivity contribution in [2.24, 2.45) is 0 Å². The number of carbonyl (C=O) groups is 1. The quantitative estimate of drug-likeness (QED) is 0.817. The van der Waals surface area contributed by atoms with Gasteiger partial charge in [-0.1, -0.05) is 0 Å². The van der Waals surface area contributed by atoms with Crippen LogP contribution in [0.3, 0.4) is 0 Å². The smallest absolute Gasteiger partial charge is 0.251 e. The standard InChI is InChI=1S/C12H13N3OS/c1-8(12-14-6-7-17-12)15-11(16)9-2-4-10(13)5-3-9/h2-8H,13H2,1H3,(H,15,16). The Labute approximate surface area is 103 Å². The van der Waals surface area contributed by atoms with Gasteiger partial charge < -0.3 is 11.1 Å². The van der Waals surface area contributed by atoms with Gasteiger partial charge in [-0.2, -0.15) is 0 Å². The Morgan fingerprint density at radius 2 is 2.12 bits per heavy atom. The lowest BCUT2D eigenvalue weighted by Crippen LogP contribution is -2.26. The maximum Gasteiger partial charge on any atom is 0.251 e. The number of nitrogens with two attached hydrogens (primary N) is 1. The van der Waals surface area contributed by atoms with Crippen molar-refractivity contribution in [2.75, 3.05) is 5.73 Å². The number of aromatic nitrogens is 1. The molecule has 0 saturated heterocycles. The number of benzene rings is 1. The summed E-state index contributed by atoms with van der Waals surface area (Å²) >= 11 is 1.52. The summed E-state index contributed by atoms with van der Waals surface area (Å²) in [5, 5.41) is 5.67. The van der Waals surface area contributed by atoms with E-state index in [4.69, 9.17) is 5.73 Å². The Balaban J connectivity index is 2.04. The van der Waals surface area contributed by atoms with E-state index in [0.29, 0.717) is 11.3 Å². The highest BCUT2D eigenvalue weighted by molar-refractivity contribution is 7.09. The molecule has 1 amide bonds. The van der Waals surface area contributed by atoms with Crippen molar-refractivity contribution in [1.82, 2.24) is 10.3 Å². The lowest BCUT2D eigenvalue weighted by Gasteiger charge is -2.11. The molecule has 1 atom stereocenters. The summed E-state index contributed by atoms with van der Waals surface area (Å²) in [4.78, 5) is 16.0. The molecule has 0 aliphatic rings. The molecule has 0 bridgehead atoms. The topological polar surface area (TPSA) is 68.0 Å². The van der Waals surface area contributed by atoms with Crippen LogP contribution in [0.1, 0.15) is 28.3 Å². The first-order valence-corrected chi connectivity index (χ1v) is 6.10. The molecule has 3 N–H and O–H groups in total. The van der Waals surface area contributed by atoms with E-state index in [0.717, 1.165) is 5.01 Å². The van der Waals surface area contributed by atoms with Gasteiger partial charge in [0, 0.05) is 22.8 Å². The second-order valence-electron chi connectivity index (χ2n) is 3.69. The fourth-order valence-electron chi connectivity index (χ4n) is 1.42. The van der Waals surface area contributed by atoms with Crippen molar-refractivity contribution < 1.29 is 4.79 Å². The molecule has 1 aromatic carbocycles. The van der Waals surface area contributed by atoms with Crippen LogP contribution in [0.25, 0.3) is 0 Å². The molecular formula is C12H13N3OS. The fraction of sp³-hybridized carbons (Fsp3) is 0.167. The Morgan fingerprint density at radius 3 is 2.71 bits per heavy atom. The van der Waals surface area contributed by atoms with Gasteiger partial charge in [-0.15, -0.1) is 11.3 Å². The highest BCUT2D eigenvalue weighted by Gasteiger charge is 2.12. The van der Waals surface area contributed by atoms with Gasteiger partial charge >= 0.3 is 0 Å². The van der Waals surface area contributed by atoms with Crippen LogP contribution in [0.15, 0.2) is 35.8 Å². The van der Waals surface area contributed by atoms with E-state index in [1.54, 1.807) is 30.5 Å². The van der Waals surface area contributed by atoms with Crippen molar-refractivity contribution in [3.05, 3.63) is 46.4 Å². The van der Waals surface area contributed by atoms with E-state index in [2.05, 4.69) is 10.3 Å². The van der Waals surface area contributed by atoms with E-state index in [1.165, 1.54) is 11.3 Å². The summed E-state index contributed by atoms with van der Waals surface area (Å²) in [6.07, 6.45) is 1.73. The van der Waals surface area contributed by atoms with E-state index in [-0.39, 0.29) is 11.9 Å². The summed E-state index contributed by atoms with van der Waals surface area (Å²) < 4.78 is 0. The van der Waals surface area contributed by atoms with Crippen LogP contribution in [-0.2, 0) is 0 Å². The molecule has 88 valence electrons. The maximum absolute atomic E-state index is 11.9. The summed E-state index contributed by atoms with van der Waals surface area (Å²) in [6.45, 7) is 1.91. The highest BCUT2D eigenvalue weighted by atomic mass is 32.1. The maximum atomic E-state index is 11.9. The number of hydrogen-bond donors (Lipinski definition) is 2. The number of anilines is 1. The molecule has 0 radical (unpaired) electrons. The second-order valence-corrected chi connectivity index (χ2v) is 4.61. The molecule has 0 aliphatic heterocycles. The number of carbonyl (C=O) groups excluding carboxylic acids is 1. The van der Waals surface area contributed by atoms with Crippen LogP contribution >= 0.6 is 11.3 Å². The average molecular weight is 247 g/mol. The molecule has 0 aliphatic carbocycles. The molecule has 0 spiro atoms. The Hall–Kier alpha value is -1.88. The summed E-state index contributed by atoms with van der Waals surface area (Å²) in [6, 6.07) is 6.75. The van der Waals surface area contributed by atoms with E-state index in [9.17, 15) is 4.79 Å². The Kier molecular flexibility index (Phi) is 3.39. The van der Waals surface area contributed by atoms with Gasteiger partial charge in [0.1, 0.15) is 5.01 Å². The minimum atomic E-state index is -0.118. The number of thiazole rings is 1. The van der Waals surface area contributed by atoms with Crippen LogP contribution in [0, 0.1) is 0 Å². The molecule has 1 unspecified atom stereocenters. The van der Waals surface area contributed by atoms with Gasteiger partial charge in [0.25, 0.3) is 5.91 Å². The Morgan fingerprint density at radius 1 is 1.41 bits per heavy atom. The summed E-state index contributed by atoms with van der Waals surface area (Å²) in [7, 11) is 0. The van der Waals surface area contributed by atoms with Crippen LogP contribution in [0.5, 0.6) is 0 Å². The molecule has 0 fully saturated rings. The van der Waals surface area contributed by atoms with Crippen molar-refractivity contribution in [2.45, 2.75) is 13.0 Å². The zero-order valence-electron chi connectivity index (χ0n) is 9.38. The number of amides is 1. The van der Waals surface area contributed by atoms with Crippen molar-refractivity contribution >= 4 is 22.9 Å². The van der Waals surface area contributed by atoms with Gasteiger partial charge in [-0.05, 0) is 31.2 Å². The monoisotopic (exact) mass is 247 g/mol. The number of nitrogens with one attached hydrogen (secondary N) is 1. The zero-order chi connectivity index (χ0) is 12.3. The predicted octanol–water partition coefficient (Wildman–Crippen LogP) is 2.22. The Bertz CT molecular complexity index is 493. The van der Waals surface area contributed by atoms with Crippen LogP contribution in [-0.4, -0.2) is 10.9 Å². The van der Waals surface area contributed by atoms with Gasteiger partial charge in [0.05, 0.1) is 6.04 Å². The van der Waals surface area contributed by atoms with E-state index < -0.39 is 0 Å². The lowest BCUT2D eigenvalue weighted by molar-refractivity contribution is 0.0940. The van der Waals surface area contributed by atoms with Crippen molar-refractivity contribution in [1.29, 1.82) is 0 Å². The minimum absolute atomic E-state index is 0.0833. The first kappa shape index (κ1) is 11.6. The minimum Gasteiger partial charge on any atom is -0.399 e. The zero-order valence-corrected chi connectivity index (χ0v) is 10.2. The SMILES string of the molecule is CC(NC(=O)c1ccc(N)cc1)c1nccs1. The molecule has 4 nitrogen and oxygen atoms in total. The molecule has 2 aromatic rings. The second kappa shape index (κ2) is 4.97. The molecule has 1 heterocycles. The largest absolute Gasteiger partial charge is 0.399 e. The first-order chi connectivity index (χ1) is 8.16.